The van der Waals surface area contributed by atoms with E-state index >= 15 is 0 Å². The molecule has 0 unspecified atom stereocenters. The molecule has 2 fully saturated rings. The molecule has 1 saturated carbocycles. The van der Waals surface area contributed by atoms with Crippen LogP contribution in [-0.2, 0) is 9.59 Å². The van der Waals surface area contributed by atoms with Gasteiger partial charge in [-0.15, -0.1) is 0 Å². The van der Waals surface area contributed by atoms with Crippen LogP contribution in [0.3, 0.4) is 0 Å². The van der Waals surface area contributed by atoms with E-state index in [0.717, 1.165) is 25.7 Å². The Morgan fingerprint density at radius 3 is 2.15 bits per heavy atom. The molecule has 2 aliphatic rings. The van der Waals surface area contributed by atoms with Crippen molar-refractivity contribution in [2.24, 2.45) is 11.8 Å². The van der Waals surface area contributed by atoms with Gasteiger partial charge in [0.2, 0.25) is 5.91 Å². The van der Waals surface area contributed by atoms with Gasteiger partial charge in [0.05, 0.1) is 5.92 Å². The van der Waals surface area contributed by atoms with Crippen LogP contribution in [0.2, 0.25) is 0 Å². The SMILES string of the molecule is O=C(O)C1CCN(C(=S)NC(=O)C2CCCCC2)CC1. The fraction of sp³-hybridized carbons (Fsp3) is 0.786. The first kappa shape index (κ1) is 15.2. The molecule has 1 aliphatic carbocycles. The van der Waals surface area contributed by atoms with Gasteiger partial charge in [0.25, 0.3) is 0 Å². The van der Waals surface area contributed by atoms with Gasteiger partial charge in [-0.3, -0.25) is 9.59 Å². The van der Waals surface area contributed by atoms with E-state index in [4.69, 9.17) is 17.3 Å². The number of carbonyl (C=O) groups is 2. The van der Waals surface area contributed by atoms with Crippen molar-refractivity contribution in [3.05, 3.63) is 0 Å². The number of likely N-dealkylation sites (tertiary alicyclic amines) is 1. The number of carboxylic acid groups (broad SMARTS) is 1. The first-order valence-electron chi connectivity index (χ1n) is 7.40. The highest BCUT2D eigenvalue weighted by atomic mass is 32.1. The fourth-order valence-corrected chi connectivity index (χ4v) is 3.26. The molecule has 2 rings (SSSR count). The van der Waals surface area contributed by atoms with E-state index in [1.165, 1.54) is 6.42 Å². The smallest absolute Gasteiger partial charge is 0.306 e. The molecule has 2 N–H and O–H groups in total. The van der Waals surface area contributed by atoms with Crippen molar-refractivity contribution in [3.63, 3.8) is 0 Å². The standard InChI is InChI=1S/C14H22N2O3S/c17-12(10-4-2-1-3-5-10)15-14(20)16-8-6-11(7-9-16)13(18)19/h10-11H,1-9H2,(H,18,19)(H,15,17,20). The molecule has 0 spiro atoms. The summed E-state index contributed by atoms with van der Waals surface area (Å²) in [5.74, 6) is -0.877. The highest BCUT2D eigenvalue weighted by molar-refractivity contribution is 7.80. The summed E-state index contributed by atoms with van der Waals surface area (Å²) in [5.41, 5.74) is 0. The number of nitrogens with one attached hydrogen (secondary N) is 1. The van der Waals surface area contributed by atoms with Crippen molar-refractivity contribution in [1.82, 2.24) is 10.2 Å². The molecule has 0 aromatic carbocycles. The Labute approximate surface area is 124 Å². The number of aliphatic carboxylic acids is 1. The Balaban J connectivity index is 1.77. The van der Waals surface area contributed by atoms with Crippen LogP contribution in [0.5, 0.6) is 0 Å². The molecular weight excluding hydrogens is 276 g/mol. The maximum absolute atomic E-state index is 12.1. The summed E-state index contributed by atoms with van der Waals surface area (Å²) >= 11 is 5.27. The van der Waals surface area contributed by atoms with E-state index in [-0.39, 0.29) is 17.7 Å². The second-order valence-electron chi connectivity index (χ2n) is 5.73. The number of nitrogens with zero attached hydrogens (tertiary/aromatic N) is 1. The minimum atomic E-state index is -0.734. The van der Waals surface area contributed by atoms with E-state index in [2.05, 4.69) is 5.32 Å². The molecule has 1 heterocycles. The van der Waals surface area contributed by atoms with Crippen molar-refractivity contribution >= 4 is 29.2 Å². The van der Waals surface area contributed by atoms with Crippen molar-refractivity contribution in [2.75, 3.05) is 13.1 Å². The van der Waals surface area contributed by atoms with Gasteiger partial charge < -0.3 is 15.3 Å². The molecule has 0 atom stereocenters. The Bertz CT molecular complexity index is 386. The number of piperidine rings is 1. The Kier molecular flexibility index (Phi) is 5.34. The van der Waals surface area contributed by atoms with Crippen LogP contribution < -0.4 is 5.32 Å². The molecule has 1 aliphatic heterocycles. The molecule has 6 heteroatoms. The fourth-order valence-electron chi connectivity index (χ4n) is 2.98. The molecule has 0 aromatic heterocycles. The molecule has 112 valence electrons. The van der Waals surface area contributed by atoms with Gasteiger partial charge in [0.1, 0.15) is 0 Å². The molecule has 0 aromatic rings. The van der Waals surface area contributed by atoms with Crippen molar-refractivity contribution in [3.8, 4) is 0 Å². The lowest BCUT2D eigenvalue weighted by Crippen LogP contribution is -2.48. The maximum Gasteiger partial charge on any atom is 0.306 e. The van der Waals surface area contributed by atoms with Crippen LogP contribution in [0.4, 0.5) is 0 Å². The molecule has 5 nitrogen and oxygen atoms in total. The summed E-state index contributed by atoms with van der Waals surface area (Å²) in [4.78, 5) is 24.9. The third kappa shape index (κ3) is 3.91. The maximum atomic E-state index is 12.1. The first-order chi connectivity index (χ1) is 9.58. The second-order valence-corrected chi connectivity index (χ2v) is 6.12. The highest BCUT2D eigenvalue weighted by Crippen LogP contribution is 2.24. The zero-order valence-corrected chi connectivity index (χ0v) is 12.5. The average molecular weight is 298 g/mol. The second kappa shape index (κ2) is 7.02. The summed E-state index contributed by atoms with van der Waals surface area (Å²) in [6, 6.07) is 0. The quantitative estimate of drug-likeness (QED) is 0.760. The van der Waals surface area contributed by atoms with Crippen LogP contribution >= 0.6 is 12.2 Å². The largest absolute Gasteiger partial charge is 0.481 e. The third-order valence-electron chi connectivity index (χ3n) is 4.34. The lowest BCUT2D eigenvalue weighted by atomic mass is 9.89. The number of rotatable bonds is 2. The number of hydrogen-bond donors (Lipinski definition) is 2. The number of carbonyl (C=O) groups excluding carboxylic acids is 1. The molecule has 1 amide bonds. The van der Waals surface area contributed by atoms with E-state index in [0.29, 0.717) is 31.0 Å². The zero-order chi connectivity index (χ0) is 14.5. The van der Waals surface area contributed by atoms with Crippen LogP contribution in [0.25, 0.3) is 0 Å². The molecular formula is C14H22N2O3S. The van der Waals surface area contributed by atoms with Crippen LogP contribution in [0.15, 0.2) is 0 Å². The van der Waals surface area contributed by atoms with Crippen molar-refractivity contribution < 1.29 is 14.7 Å². The Morgan fingerprint density at radius 1 is 1.00 bits per heavy atom. The number of carboxylic acids is 1. The molecule has 0 bridgehead atoms. The van der Waals surface area contributed by atoms with Crippen LogP contribution in [0, 0.1) is 11.8 Å². The van der Waals surface area contributed by atoms with Gasteiger partial charge in [-0.25, -0.2) is 0 Å². The lowest BCUT2D eigenvalue weighted by Gasteiger charge is -2.32. The van der Waals surface area contributed by atoms with E-state index in [1.807, 2.05) is 4.90 Å². The summed E-state index contributed by atoms with van der Waals surface area (Å²) in [6.07, 6.45) is 6.55. The van der Waals surface area contributed by atoms with Gasteiger partial charge in [-0.05, 0) is 37.9 Å². The lowest BCUT2D eigenvalue weighted by molar-refractivity contribution is -0.143. The van der Waals surface area contributed by atoms with Gasteiger partial charge in [0.15, 0.2) is 5.11 Å². The van der Waals surface area contributed by atoms with E-state index in [9.17, 15) is 9.59 Å². The zero-order valence-electron chi connectivity index (χ0n) is 11.6. The first-order valence-corrected chi connectivity index (χ1v) is 7.81. The predicted octanol–water partition coefficient (Wildman–Crippen LogP) is 1.76. The summed E-state index contributed by atoms with van der Waals surface area (Å²) in [5, 5.41) is 12.3. The number of amides is 1. The summed E-state index contributed by atoms with van der Waals surface area (Å²) in [6.45, 7) is 1.22. The number of thiocarbonyl (C=S) groups is 1. The minimum absolute atomic E-state index is 0.0371. The highest BCUT2D eigenvalue weighted by Gasteiger charge is 2.27. The van der Waals surface area contributed by atoms with Crippen LogP contribution in [0.1, 0.15) is 44.9 Å². The van der Waals surface area contributed by atoms with E-state index < -0.39 is 5.97 Å². The predicted molar refractivity (Wildman–Crippen MR) is 79.2 cm³/mol. The normalized spacial score (nSPS) is 21.5. The molecule has 1 saturated heterocycles. The summed E-state index contributed by atoms with van der Waals surface area (Å²) < 4.78 is 0. The van der Waals surface area contributed by atoms with Gasteiger partial charge in [-0.1, -0.05) is 19.3 Å². The van der Waals surface area contributed by atoms with Crippen molar-refractivity contribution in [2.45, 2.75) is 44.9 Å². The van der Waals surface area contributed by atoms with Crippen LogP contribution in [-0.4, -0.2) is 40.1 Å². The Hall–Kier alpha value is -1.17. The van der Waals surface area contributed by atoms with Gasteiger partial charge in [0, 0.05) is 19.0 Å². The van der Waals surface area contributed by atoms with Gasteiger partial charge >= 0.3 is 5.97 Å². The average Bonchev–Trinajstić information content (AvgIpc) is 2.48. The van der Waals surface area contributed by atoms with E-state index in [1.54, 1.807) is 0 Å². The molecule has 20 heavy (non-hydrogen) atoms. The Morgan fingerprint density at radius 2 is 1.60 bits per heavy atom. The van der Waals surface area contributed by atoms with Gasteiger partial charge in [-0.2, -0.15) is 0 Å². The topological polar surface area (TPSA) is 69.6 Å². The third-order valence-corrected chi connectivity index (χ3v) is 4.70. The number of hydrogen-bond acceptors (Lipinski definition) is 3. The monoisotopic (exact) mass is 298 g/mol. The minimum Gasteiger partial charge on any atom is -0.481 e. The molecule has 0 radical (unpaired) electrons. The summed E-state index contributed by atoms with van der Waals surface area (Å²) in [7, 11) is 0. The van der Waals surface area contributed by atoms with Crippen molar-refractivity contribution in [1.29, 1.82) is 0 Å².